The molecule has 0 spiro atoms. The van der Waals surface area contributed by atoms with Crippen LogP contribution in [0.25, 0.3) is 0 Å². The lowest BCUT2D eigenvalue weighted by Crippen LogP contribution is -2.30. The molecule has 1 aliphatic rings. The van der Waals surface area contributed by atoms with Gasteiger partial charge in [0.25, 0.3) is 0 Å². The fourth-order valence-corrected chi connectivity index (χ4v) is 2.62. The largest absolute Gasteiger partial charge is 0.393 e. The number of aryl methyl sites for hydroxylation is 1. The van der Waals surface area contributed by atoms with E-state index in [4.69, 9.17) is 0 Å². The van der Waals surface area contributed by atoms with Crippen LogP contribution in [0.4, 0.5) is 0 Å². The van der Waals surface area contributed by atoms with Crippen LogP contribution in [0, 0.1) is 0 Å². The van der Waals surface area contributed by atoms with Crippen molar-refractivity contribution in [3.63, 3.8) is 0 Å². The van der Waals surface area contributed by atoms with E-state index in [1.807, 2.05) is 18.0 Å². The van der Waals surface area contributed by atoms with E-state index in [0.717, 1.165) is 12.8 Å². The zero-order valence-corrected chi connectivity index (χ0v) is 11.1. The maximum Gasteiger partial charge on any atom is 0.222 e. The first-order chi connectivity index (χ1) is 8.59. The minimum Gasteiger partial charge on any atom is -0.393 e. The van der Waals surface area contributed by atoms with Crippen LogP contribution in [0.5, 0.6) is 0 Å². The van der Waals surface area contributed by atoms with Gasteiger partial charge in [-0.25, -0.2) is 0 Å². The number of benzene rings is 1. The van der Waals surface area contributed by atoms with Gasteiger partial charge in [-0.05, 0) is 37.3 Å². The van der Waals surface area contributed by atoms with Crippen LogP contribution >= 0.6 is 0 Å². The molecule has 2 unspecified atom stereocenters. The molecule has 0 saturated carbocycles. The van der Waals surface area contributed by atoms with Crippen molar-refractivity contribution in [3.8, 4) is 0 Å². The summed E-state index contributed by atoms with van der Waals surface area (Å²) in [6.07, 6.45) is 2.62. The quantitative estimate of drug-likeness (QED) is 0.887. The number of aliphatic hydroxyl groups is 1. The molecule has 98 valence electrons. The third-order valence-corrected chi connectivity index (χ3v) is 3.74. The molecule has 0 aromatic heterocycles. The highest BCUT2D eigenvalue weighted by Crippen LogP contribution is 2.35. The van der Waals surface area contributed by atoms with Gasteiger partial charge in [0.15, 0.2) is 0 Å². The molecule has 3 nitrogen and oxygen atoms in total. The Bertz CT molecular complexity index is 428. The second-order valence-electron chi connectivity index (χ2n) is 5.15. The van der Waals surface area contributed by atoms with E-state index in [2.05, 4.69) is 18.2 Å². The number of nitrogens with zero attached hydrogens (tertiary/aromatic N) is 1. The van der Waals surface area contributed by atoms with Crippen LogP contribution in [0.3, 0.4) is 0 Å². The van der Waals surface area contributed by atoms with Gasteiger partial charge < -0.3 is 10.0 Å². The van der Waals surface area contributed by atoms with Crippen LogP contribution in [-0.2, 0) is 11.2 Å². The molecule has 0 bridgehead atoms. The average molecular weight is 247 g/mol. The molecule has 3 heteroatoms. The second kappa shape index (κ2) is 5.53. The van der Waals surface area contributed by atoms with Gasteiger partial charge in [0.05, 0.1) is 12.1 Å². The number of amides is 1. The molecule has 2 atom stereocenters. The standard InChI is InChI=1S/C15H21NO2/c1-11(17)7-10-15(18)16(2)14-9-8-12-5-3-4-6-13(12)14/h3-6,11,14,17H,7-10H2,1-2H3. The fraction of sp³-hybridized carbons (Fsp3) is 0.533. The molecule has 0 heterocycles. The molecule has 1 aromatic carbocycles. The number of hydrogen-bond donors (Lipinski definition) is 1. The highest BCUT2D eigenvalue weighted by atomic mass is 16.3. The summed E-state index contributed by atoms with van der Waals surface area (Å²) in [6.45, 7) is 1.72. The van der Waals surface area contributed by atoms with E-state index in [-0.39, 0.29) is 11.9 Å². The number of fused-ring (bicyclic) bond motifs is 1. The summed E-state index contributed by atoms with van der Waals surface area (Å²) in [6, 6.07) is 8.55. The Kier molecular flexibility index (Phi) is 4.02. The molecule has 0 saturated heterocycles. The Balaban J connectivity index is 2.02. The lowest BCUT2D eigenvalue weighted by atomic mass is 10.1. The minimum atomic E-state index is -0.404. The van der Waals surface area contributed by atoms with Gasteiger partial charge in [0, 0.05) is 13.5 Å². The van der Waals surface area contributed by atoms with Gasteiger partial charge in [-0.1, -0.05) is 24.3 Å². The summed E-state index contributed by atoms with van der Waals surface area (Å²) in [5.41, 5.74) is 2.64. The SMILES string of the molecule is CC(O)CCC(=O)N(C)C1CCc2ccccc21. The zero-order valence-electron chi connectivity index (χ0n) is 11.1. The lowest BCUT2D eigenvalue weighted by molar-refractivity contribution is -0.132. The van der Waals surface area contributed by atoms with Gasteiger partial charge in [-0.2, -0.15) is 0 Å². The summed E-state index contributed by atoms with van der Waals surface area (Å²) < 4.78 is 0. The molecule has 0 fully saturated rings. The minimum absolute atomic E-state index is 0.123. The van der Waals surface area contributed by atoms with E-state index in [9.17, 15) is 9.90 Å². The van der Waals surface area contributed by atoms with E-state index in [1.54, 1.807) is 6.92 Å². The van der Waals surface area contributed by atoms with Gasteiger partial charge in [0.1, 0.15) is 0 Å². The normalized spacial score (nSPS) is 19.4. The number of carbonyl (C=O) groups excluding carboxylic acids is 1. The van der Waals surface area contributed by atoms with Gasteiger partial charge in [0.2, 0.25) is 5.91 Å². The Morgan fingerprint density at radius 3 is 2.94 bits per heavy atom. The zero-order chi connectivity index (χ0) is 13.1. The van der Waals surface area contributed by atoms with E-state index < -0.39 is 6.10 Å². The molecule has 2 rings (SSSR count). The van der Waals surface area contributed by atoms with Gasteiger partial charge in [-0.15, -0.1) is 0 Å². The lowest BCUT2D eigenvalue weighted by Gasteiger charge is -2.25. The molecular weight excluding hydrogens is 226 g/mol. The number of aliphatic hydroxyl groups excluding tert-OH is 1. The monoisotopic (exact) mass is 247 g/mol. The summed E-state index contributed by atoms with van der Waals surface area (Å²) in [5.74, 6) is 0.123. The smallest absolute Gasteiger partial charge is 0.222 e. The van der Waals surface area contributed by atoms with Crippen molar-refractivity contribution in [1.29, 1.82) is 0 Å². The third kappa shape index (κ3) is 2.72. The van der Waals surface area contributed by atoms with Crippen molar-refractivity contribution >= 4 is 5.91 Å². The molecule has 0 radical (unpaired) electrons. The summed E-state index contributed by atoms with van der Waals surface area (Å²) >= 11 is 0. The van der Waals surface area contributed by atoms with Crippen LogP contribution in [0.15, 0.2) is 24.3 Å². The van der Waals surface area contributed by atoms with Crippen molar-refractivity contribution in [2.45, 2.75) is 44.8 Å². The third-order valence-electron chi connectivity index (χ3n) is 3.74. The van der Waals surface area contributed by atoms with E-state index in [0.29, 0.717) is 12.8 Å². The molecular formula is C15H21NO2. The van der Waals surface area contributed by atoms with E-state index >= 15 is 0 Å². The molecule has 1 aliphatic carbocycles. The summed E-state index contributed by atoms with van der Waals surface area (Å²) in [4.78, 5) is 13.9. The van der Waals surface area contributed by atoms with Gasteiger partial charge >= 0.3 is 0 Å². The van der Waals surface area contributed by atoms with Crippen molar-refractivity contribution in [2.24, 2.45) is 0 Å². The van der Waals surface area contributed by atoms with Crippen LogP contribution in [0.1, 0.15) is 43.4 Å². The first-order valence-corrected chi connectivity index (χ1v) is 6.61. The highest BCUT2D eigenvalue weighted by Gasteiger charge is 2.27. The first kappa shape index (κ1) is 13.1. The average Bonchev–Trinajstić information content (AvgIpc) is 2.78. The van der Waals surface area contributed by atoms with Crippen LogP contribution in [0.2, 0.25) is 0 Å². The number of rotatable bonds is 4. The Labute approximate surface area is 108 Å². The summed E-state index contributed by atoms with van der Waals surface area (Å²) in [7, 11) is 1.87. The number of carbonyl (C=O) groups is 1. The predicted octanol–water partition coefficient (Wildman–Crippen LogP) is 2.29. The Morgan fingerprint density at radius 1 is 1.50 bits per heavy atom. The number of hydrogen-bond acceptors (Lipinski definition) is 2. The maximum atomic E-state index is 12.1. The van der Waals surface area contributed by atoms with E-state index in [1.165, 1.54) is 11.1 Å². The predicted molar refractivity (Wildman–Crippen MR) is 71.2 cm³/mol. The van der Waals surface area contributed by atoms with Crippen LogP contribution in [-0.4, -0.2) is 29.1 Å². The first-order valence-electron chi connectivity index (χ1n) is 6.61. The van der Waals surface area contributed by atoms with Crippen molar-refractivity contribution in [3.05, 3.63) is 35.4 Å². The highest BCUT2D eigenvalue weighted by molar-refractivity contribution is 5.76. The van der Waals surface area contributed by atoms with Crippen molar-refractivity contribution in [1.82, 2.24) is 4.90 Å². The van der Waals surface area contributed by atoms with Crippen molar-refractivity contribution < 1.29 is 9.90 Å². The molecule has 18 heavy (non-hydrogen) atoms. The Hall–Kier alpha value is -1.35. The molecule has 0 aliphatic heterocycles. The molecule has 1 N–H and O–H groups in total. The topological polar surface area (TPSA) is 40.5 Å². The fourth-order valence-electron chi connectivity index (χ4n) is 2.62. The Morgan fingerprint density at radius 2 is 2.22 bits per heavy atom. The molecule has 1 amide bonds. The molecule has 1 aromatic rings. The summed E-state index contributed by atoms with van der Waals surface area (Å²) in [5, 5.41) is 9.24. The second-order valence-corrected chi connectivity index (χ2v) is 5.15. The maximum absolute atomic E-state index is 12.1. The van der Waals surface area contributed by atoms with Crippen molar-refractivity contribution in [2.75, 3.05) is 7.05 Å². The van der Waals surface area contributed by atoms with Gasteiger partial charge in [-0.3, -0.25) is 4.79 Å². The van der Waals surface area contributed by atoms with Crippen LogP contribution < -0.4 is 0 Å².